The van der Waals surface area contributed by atoms with E-state index in [9.17, 15) is 9.59 Å². The highest BCUT2D eigenvalue weighted by Crippen LogP contribution is 2.28. The van der Waals surface area contributed by atoms with E-state index in [0.29, 0.717) is 28.7 Å². The highest BCUT2D eigenvalue weighted by molar-refractivity contribution is 8.00. The number of benzene rings is 2. The van der Waals surface area contributed by atoms with Crippen molar-refractivity contribution in [3.63, 3.8) is 0 Å². The van der Waals surface area contributed by atoms with E-state index < -0.39 is 11.2 Å². The maximum absolute atomic E-state index is 12.3. The van der Waals surface area contributed by atoms with Crippen molar-refractivity contribution in [1.82, 2.24) is 10.9 Å². The molecule has 6 nitrogen and oxygen atoms in total. The van der Waals surface area contributed by atoms with Gasteiger partial charge in [0.1, 0.15) is 0 Å². The van der Waals surface area contributed by atoms with Crippen molar-refractivity contribution in [3.8, 4) is 11.5 Å². The molecule has 0 unspecified atom stereocenters. The molecule has 0 saturated carbocycles. The Morgan fingerprint density at radius 2 is 1.81 bits per heavy atom. The predicted molar refractivity (Wildman–Crippen MR) is 107 cm³/mol. The van der Waals surface area contributed by atoms with Crippen molar-refractivity contribution in [2.45, 2.75) is 24.0 Å². The van der Waals surface area contributed by atoms with Gasteiger partial charge in [0.05, 0.1) is 19.0 Å². The van der Waals surface area contributed by atoms with Gasteiger partial charge in [0.15, 0.2) is 11.5 Å². The zero-order valence-electron chi connectivity index (χ0n) is 15.2. The van der Waals surface area contributed by atoms with Crippen LogP contribution in [0, 0.1) is 0 Å². The second-order valence-corrected chi connectivity index (χ2v) is 7.31. The fourth-order valence-corrected chi connectivity index (χ4v) is 3.14. The quantitative estimate of drug-likeness (QED) is 0.539. The van der Waals surface area contributed by atoms with Crippen molar-refractivity contribution in [2.75, 3.05) is 13.7 Å². The number of hydrazine groups is 1. The number of hydrogen-bond donors (Lipinski definition) is 2. The lowest BCUT2D eigenvalue weighted by Gasteiger charge is -2.14. The van der Waals surface area contributed by atoms with Crippen molar-refractivity contribution in [2.24, 2.45) is 0 Å². The molecule has 0 aromatic heterocycles. The Morgan fingerprint density at radius 3 is 2.44 bits per heavy atom. The summed E-state index contributed by atoms with van der Waals surface area (Å²) in [6.45, 7) is 4.10. The Bertz CT molecular complexity index is 799. The molecule has 2 rings (SSSR count). The van der Waals surface area contributed by atoms with Gasteiger partial charge in [-0.25, -0.2) is 0 Å². The zero-order chi connectivity index (χ0) is 19.8. The molecule has 0 aliphatic heterocycles. The van der Waals surface area contributed by atoms with Gasteiger partial charge in [-0.15, -0.1) is 11.8 Å². The van der Waals surface area contributed by atoms with Crippen LogP contribution in [-0.2, 0) is 4.79 Å². The van der Waals surface area contributed by atoms with Crippen LogP contribution >= 0.6 is 23.4 Å². The number of hydrogen-bond acceptors (Lipinski definition) is 5. The van der Waals surface area contributed by atoms with Gasteiger partial charge in [0.25, 0.3) is 11.8 Å². The van der Waals surface area contributed by atoms with Gasteiger partial charge in [0, 0.05) is 15.5 Å². The smallest absolute Gasteiger partial charge is 0.269 e. The van der Waals surface area contributed by atoms with Gasteiger partial charge in [0.2, 0.25) is 0 Å². The van der Waals surface area contributed by atoms with E-state index in [1.54, 1.807) is 37.3 Å². The topological polar surface area (TPSA) is 76.7 Å². The normalized spacial score (nSPS) is 11.4. The highest BCUT2D eigenvalue weighted by Gasteiger charge is 2.16. The van der Waals surface area contributed by atoms with E-state index in [-0.39, 0.29) is 5.91 Å². The Morgan fingerprint density at radius 1 is 1.11 bits per heavy atom. The first-order chi connectivity index (χ1) is 12.9. The van der Waals surface area contributed by atoms with Crippen molar-refractivity contribution in [1.29, 1.82) is 0 Å². The SMILES string of the molecule is CCOc1ccc(C(=O)NNC(=O)[C@H](C)Sc2ccc(Cl)cc2)cc1OC. The van der Waals surface area contributed by atoms with Crippen LogP contribution in [0.3, 0.4) is 0 Å². The summed E-state index contributed by atoms with van der Waals surface area (Å²) in [4.78, 5) is 25.4. The summed E-state index contributed by atoms with van der Waals surface area (Å²) in [5.41, 5.74) is 5.18. The molecule has 0 aliphatic rings. The van der Waals surface area contributed by atoms with E-state index in [0.717, 1.165) is 4.90 Å². The standard InChI is InChI=1S/C19H21ClN2O4S/c1-4-26-16-10-5-13(11-17(16)25-3)19(24)22-21-18(23)12(2)27-15-8-6-14(20)7-9-15/h5-12H,4H2,1-3H3,(H,21,23)(H,22,24)/t12-/m0/s1. The van der Waals surface area contributed by atoms with Gasteiger partial charge >= 0.3 is 0 Å². The average Bonchev–Trinajstić information content (AvgIpc) is 2.68. The maximum atomic E-state index is 12.3. The summed E-state index contributed by atoms with van der Waals surface area (Å²) in [6, 6.07) is 12.0. The summed E-state index contributed by atoms with van der Waals surface area (Å²) < 4.78 is 10.6. The molecule has 2 aromatic carbocycles. The minimum atomic E-state index is -0.451. The molecule has 0 spiro atoms. The van der Waals surface area contributed by atoms with Gasteiger partial charge in [-0.1, -0.05) is 11.6 Å². The number of thioether (sulfide) groups is 1. The minimum absolute atomic E-state index is 0.318. The number of carbonyl (C=O) groups is 2. The second-order valence-electron chi connectivity index (χ2n) is 5.46. The van der Waals surface area contributed by atoms with E-state index in [4.69, 9.17) is 21.1 Å². The second kappa shape index (κ2) is 10.1. The zero-order valence-corrected chi connectivity index (χ0v) is 16.8. The first-order valence-electron chi connectivity index (χ1n) is 8.27. The van der Waals surface area contributed by atoms with E-state index in [2.05, 4.69) is 10.9 Å². The summed E-state index contributed by atoms with van der Waals surface area (Å²) >= 11 is 7.21. The Kier molecular flexibility index (Phi) is 7.82. The Labute approximate surface area is 167 Å². The number of carbonyl (C=O) groups excluding carboxylic acids is 2. The highest BCUT2D eigenvalue weighted by atomic mass is 35.5. The van der Waals surface area contributed by atoms with Crippen LogP contribution in [0.15, 0.2) is 47.4 Å². The van der Waals surface area contributed by atoms with E-state index in [1.807, 2.05) is 19.1 Å². The molecular formula is C19H21ClN2O4S. The molecule has 2 N–H and O–H groups in total. The van der Waals surface area contributed by atoms with Crippen LogP contribution in [0.1, 0.15) is 24.2 Å². The Balaban J connectivity index is 1.92. The molecule has 0 radical (unpaired) electrons. The molecule has 0 saturated heterocycles. The average molecular weight is 409 g/mol. The molecule has 0 bridgehead atoms. The van der Waals surface area contributed by atoms with Crippen molar-refractivity contribution in [3.05, 3.63) is 53.1 Å². The molecule has 2 aromatic rings. The number of ether oxygens (including phenoxy) is 2. The first kappa shape index (κ1) is 20.9. The number of rotatable bonds is 7. The third kappa shape index (κ3) is 6.08. The largest absolute Gasteiger partial charge is 0.493 e. The molecule has 0 fully saturated rings. The molecule has 1 atom stereocenters. The lowest BCUT2D eigenvalue weighted by atomic mass is 10.2. The van der Waals surface area contributed by atoms with Gasteiger partial charge < -0.3 is 9.47 Å². The Hall–Kier alpha value is -2.38. The molecule has 0 aliphatic carbocycles. The maximum Gasteiger partial charge on any atom is 0.269 e. The summed E-state index contributed by atoms with van der Waals surface area (Å²) in [5.74, 6) is 0.227. The molecule has 8 heteroatoms. The number of methoxy groups -OCH3 is 1. The molecule has 0 heterocycles. The first-order valence-corrected chi connectivity index (χ1v) is 9.53. The predicted octanol–water partition coefficient (Wildman–Crippen LogP) is 3.69. The monoisotopic (exact) mass is 408 g/mol. The number of amides is 2. The van der Waals surface area contributed by atoms with Crippen molar-refractivity contribution < 1.29 is 19.1 Å². The fraction of sp³-hybridized carbons (Fsp3) is 0.263. The van der Waals surface area contributed by atoms with Gasteiger partial charge in [-0.05, 0) is 56.3 Å². The summed E-state index contributed by atoms with van der Waals surface area (Å²) in [7, 11) is 1.50. The van der Waals surface area contributed by atoms with Crippen molar-refractivity contribution >= 4 is 35.2 Å². The van der Waals surface area contributed by atoms with Crippen LogP contribution in [0.2, 0.25) is 5.02 Å². The van der Waals surface area contributed by atoms with E-state index in [1.165, 1.54) is 18.9 Å². The fourth-order valence-electron chi connectivity index (χ4n) is 2.15. The van der Waals surface area contributed by atoms with E-state index >= 15 is 0 Å². The molecule has 2 amide bonds. The number of halogens is 1. The van der Waals surface area contributed by atoms with Gasteiger partial charge in [-0.2, -0.15) is 0 Å². The third-order valence-electron chi connectivity index (χ3n) is 3.52. The minimum Gasteiger partial charge on any atom is -0.493 e. The van der Waals surface area contributed by atoms with Crippen LogP contribution in [0.25, 0.3) is 0 Å². The van der Waals surface area contributed by atoms with Crippen LogP contribution in [0.5, 0.6) is 11.5 Å². The van der Waals surface area contributed by atoms with Crippen LogP contribution in [0.4, 0.5) is 0 Å². The summed E-state index contributed by atoms with van der Waals surface area (Å²) in [5, 5.41) is 0.232. The van der Waals surface area contributed by atoms with Gasteiger partial charge in [-0.3, -0.25) is 20.4 Å². The number of nitrogens with one attached hydrogen (secondary N) is 2. The molecular weight excluding hydrogens is 388 g/mol. The lowest BCUT2D eigenvalue weighted by Crippen LogP contribution is -2.44. The third-order valence-corrected chi connectivity index (χ3v) is 4.88. The lowest BCUT2D eigenvalue weighted by molar-refractivity contribution is -0.121. The van der Waals surface area contributed by atoms with Crippen LogP contribution < -0.4 is 20.3 Å². The summed E-state index contributed by atoms with van der Waals surface area (Å²) in [6.07, 6.45) is 0. The van der Waals surface area contributed by atoms with Crippen LogP contribution in [-0.4, -0.2) is 30.8 Å². The molecule has 27 heavy (non-hydrogen) atoms. The molecule has 144 valence electrons.